The highest BCUT2D eigenvalue weighted by Gasteiger charge is 2.35. The monoisotopic (exact) mass is 458 g/mol. The van der Waals surface area contributed by atoms with Crippen LogP contribution in [0.5, 0.6) is 0 Å². The van der Waals surface area contributed by atoms with Gasteiger partial charge in [-0.15, -0.1) is 10.2 Å². The first kappa shape index (κ1) is 19.8. The lowest BCUT2D eigenvalue weighted by molar-refractivity contribution is 0.0722. The van der Waals surface area contributed by atoms with Gasteiger partial charge in [-0.3, -0.25) is 9.20 Å². The van der Waals surface area contributed by atoms with E-state index in [0.717, 1.165) is 30.0 Å². The molecule has 0 radical (unpaired) electrons. The van der Waals surface area contributed by atoms with Crippen molar-refractivity contribution in [2.24, 2.45) is 0 Å². The summed E-state index contributed by atoms with van der Waals surface area (Å²) >= 11 is 6.06. The van der Waals surface area contributed by atoms with Crippen LogP contribution in [-0.4, -0.2) is 41.7 Å². The molecule has 164 valence electrons. The van der Waals surface area contributed by atoms with Crippen LogP contribution in [0.15, 0.2) is 77.5 Å². The maximum atomic E-state index is 13.7. The molecule has 0 N–H and O–H groups in total. The van der Waals surface area contributed by atoms with E-state index in [1.165, 1.54) is 0 Å². The SMILES string of the molecule is O=C(c1cc(-c2ccco2)n(-c2ccc(Cl)cc2)n1)N1CCCC1c1nnc2ccccn12. The average molecular weight is 459 g/mol. The number of likely N-dealkylation sites (tertiary alicyclic amines) is 1. The van der Waals surface area contributed by atoms with Crippen LogP contribution < -0.4 is 0 Å². The van der Waals surface area contributed by atoms with Gasteiger partial charge in [0.05, 0.1) is 18.0 Å². The van der Waals surface area contributed by atoms with Crippen LogP contribution in [0.25, 0.3) is 22.8 Å². The van der Waals surface area contributed by atoms with E-state index in [4.69, 9.17) is 16.0 Å². The van der Waals surface area contributed by atoms with Gasteiger partial charge in [0.1, 0.15) is 5.69 Å². The third-order valence-corrected chi connectivity index (χ3v) is 6.18. The van der Waals surface area contributed by atoms with Gasteiger partial charge in [-0.1, -0.05) is 17.7 Å². The molecule has 1 amide bonds. The van der Waals surface area contributed by atoms with E-state index in [-0.39, 0.29) is 11.9 Å². The van der Waals surface area contributed by atoms with Gasteiger partial charge in [0, 0.05) is 23.8 Å². The van der Waals surface area contributed by atoms with Gasteiger partial charge in [-0.2, -0.15) is 5.10 Å². The molecule has 1 saturated heterocycles. The maximum Gasteiger partial charge on any atom is 0.275 e. The summed E-state index contributed by atoms with van der Waals surface area (Å²) in [5.74, 6) is 1.24. The highest BCUT2D eigenvalue weighted by molar-refractivity contribution is 6.30. The molecule has 1 fully saturated rings. The smallest absolute Gasteiger partial charge is 0.275 e. The second-order valence-electron chi connectivity index (χ2n) is 7.92. The van der Waals surface area contributed by atoms with Crippen LogP contribution in [-0.2, 0) is 0 Å². The van der Waals surface area contributed by atoms with E-state index < -0.39 is 0 Å². The number of rotatable bonds is 4. The summed E-state index contributed by atoms with van der Waals surface area (Å²) in [7, 11) is 0. The number of carbonyl (C=O) groups is 1. The fraction of sp³-hybridized carbons (Fsp3) is 0.167. The predicted octanol–water partition coefficient (Wildman–Crippen LogP) is 4.81. The number of halogens is 1. The number of hydrogen-bond acceptors (Lipinski definition) is 5. The van der Waals surface area contributed by atoms with Crippen molar-refractivity contribution in [2.45, 2.75) is 18.9 Å². The average Bonchev–Trinajstić information content (AvgIpc) is 3.64. The first-order valence-electron chi connectivity index (χ1n) is 10.7. The summed E-state index contributed by atoms with van der Waals surface area (Å²) in [5.41, 5.74) is 2.58. The van der Waals surface area contributed by atoms with E-state index in [1.54, 1.807) is 29.1 Å². The minimum atomic E-state index is -0.164. The molecule has 4 aromatic heterocycles. The van der Waals surface area contributed by atoms with Crippen molar-refractivity contribution in [1.82, 2.24) is 29.3 Å². The standard InChI is InChI=1S/C24H19ClN6O2/c25-16-8-10-17(11-9-16)31-20(21-6-4-14-33-21)15-18(28-31)24(32)29-13-3-5-19(29)23-27-26-22-7-1-2-12-30(22)23/h1-2,4,6-12,14-15,19H,3,5,13H2. The molecule has 1 unspecified atom stereocenters. The first-order chi connectivity index (χ1) is 16.2. The largest absolute Gasteiger partial charge is 0.463 e. The van der Waals surface area contributed by atoms with Gasteiger partial charge >= 0.3 is 0 Å². The van der Waals surface area contributed by atoms with Crippen molar-refractivity contribution in [3.63, 3.8) is 0 Å². The third kappa shape index (κ3) is 3.39. The van der Waals surface area contributed by atoms with Gasteiger partial charge in [-0.25, -0.2) is 4.68 Å². The highest BCUT2D eigenvalue weighted by Crippen LogP contribution is 2.33. The lowest BCUT2D eigenvalue weighted by atomic mass is 10.2. The van der Waals surface area contributed by atoms with Crippen molar-refractivity contribution in [3.05, 3.63) is 89.7 Å². The summed E-state index contributed by atoms with van der Waals surface area (Å²) in [6.45, 7) is 0.634. The van der Waals surface area contributed by atoms with Crippen molar-refractivity contribution in [2.75, 3.05) is 6.54 Å². The van der Waals surface area contributed by atoms with E-state index in [0.29, 0.717) is 28.7 Å². The number of hydrogen-bond donors (Lipinski definition) is 0. The van der Waals surface area contributed by atoms with Gasteiger partial charge in [0.2, 0.25) is 0 Å². The van der Waals surface area contributed by atoms with Gasteiger partial charge < -0.3 is 9.32 Å². The Morgan fingerprint density at radius 1 is 1.06 bits per heavy atom. The quantitative estimate of drug-likeness (QED) is 0.386. The number of aromatic nitrogens is 5. The lowest BCUT2D eigenvalue weighted by Gasteiger charge is -2.22. The number of nitrogens with zero attached hydrogens (tertiary/aromatic N) is 6. The number of fused-ring (bicyclic) bond motifs is 1. The number of carbonyl (C=O) groups excluding carboxylic acids is 1. The highest BCUT2D eigenvalue weighted by atomic mass is 35.5. The number of benzene rings is 1. The van der Waals surface area contributed by atoms with E-state index >= 15 is 0 Å². The summed E-state index contributed by atoms with van der Waals surface area (Å²) in [6.07, 6.45) is 5.24. The van der Waals surface area contributed by atoms with Crippen molar-refractivity contribution in [1.29, 1.82) is 0 Å². The molecule has 1 aliphatic heterocycles. The Hall–Kier alpha value is -3.91. The molecule has 5 aromatic rings. The zero-order chi connectivity index (χ0) is 22.4. The number of pyridine rings is 1. The van der Waals surface area contributed by atoms with Crippen LogP contribution in [0.4, 0.5) is 0 Å². The Kier molecular flexibility index (Phi) is 4.73. The molecule has 0 bridgehead atoms. The van der Waals surface area contributed by atoms with Crippen molar-refractivity contribution >= 4 is 23.2 Å². The molecule has 6 rings (SSSR count). The normalized spacial score (nSPS) is 16.0. The summed E-state index contributed by atoms with van der Waals surface area (Å²) in [5, 5.41) is 13.9. The Morgan fingerprint density at radius 3 is 2.76 bits per heavy atom. The Labute approximate surface area is 194 Å². The van der Waals surface area contributed by atoms with Crippen LogP contribution >= 0.6 is 11.6 Å². The topological polar surface area (TPSA) is 81.5 Å². The van der Waals surface area contributed by atoms with Crippen LogP contribution in [0, 0.1) is 0 Å². The molecule has 1 aromatic carbocycles. The summed E-state index contributed by atoms with van der Waals surface area (Å²) < 4.78 is 9.27. The third-order valence-electron chi connectivity index (χ3n) is 5.93. The minimum Gasteiger partial charge on any atom is -0.463 e. The van der Waals surface area contributed by atoms with Crippen LogP contribution in [0.3, 0.4) is 0 Å². The Bertz CT molecular complexity index is 1440. The molecule has 0 aliphatic carbocycles. The van der Waals surface area contributed by atoms with Gasteiger partial charge in [-0.05, 0) is 61.4 Å². The Morgan fingerprint density at radius 2 is 1.94 bits per heavy atom. The molecule has 1 aliphatic rings. The van der Waals surface area contributed by atoms with Gasteiger partial charge in [0.25, 0.3) is 5.91 Å². The van der Waals surface area contributed by atoms with E-state index in [1.807, 2.05) is 58.0 Å². The molecule has 9 heteroatoms. The predicted molar refractivity (Wildman–Crippen MR) is 122 cm³/mol. The van der Waals surface area contributed by atoms with E-state index in [9.17, 15) is 4.79 Å². The van der Waals surface area contributed by atoms with Gasteiger partial charge in [0.15, 0.2) is 22.9 Å². The zero-order valence-electron chi connectivity index (χ0n) is 17.5. The van der Waals surface area contributed by atoms with E-state index in [2.05, 4.69) is 15.3 Å². The molecule has 33 heavy (non-hydrogen) atoms. The fourth-order valence-electron chi connectivity index (χ4n) is 4.38. The molecule has 8 nitrogen and oxygen atoms in total. The minimum absolute atomic E-state index is 0.147. The van der Waals surface area contributed by atoms with Crippen LogP contribution in [0.1, 0.15) is 35.2 Å². The van der Waals surface area contributed by atoms with Crippen LogP contribution in [0.2, 0.25) is 5.02 Å². The second-order valence-corrected chi connectivity index (χ2v) is 8.36. The molecule has 0 spiro atoms. The summed E-state index contributed by atoms with van der Waals surface area (Å²) in [4.78, 5) is 15.5. The summed E-state index contributed by atoms with van der Waals surface area (Å²) in [6, 6.07) is 18.3. The second kappa shape index (κ2) is 7.90. The Balaban J connectivity index is 1.39. The molecule has 0 saturated carbocycles. The van der Waals surface area contributed by atoms with Crippen molar-refractivity contribution < 1.29 is 9.21 Å². The lowest BCUT2D eigenvalue weighted by Crippen LogP contribution is -2.32. The molecular weight excluding hydrogens is 440 g/mol. The van der Waals surface area contributed by atoms with Crippen molar-refractivity contribution in [3.8, 4) is 17.1 Å². The fourth-order valence-corrected chi connectivity index (χ4v) is 4.50. The number of amides is 1. The molecule has 5 heterocycles. The molecular formula is C24H19ClN6O2. The number of furan rings is 1. The molecule has 1 atom stereocenters. The first-order valence-corrected chi connectivity index (χ1v) is 11.1. The maximum absolute atomic E-state index is 13.7. The zero-order valence-corrected chi connectivity index (χ0v) is 18.3.